The first kappa shape index (κ1) is 23.2. The molecule has 36 heavy (non-hydrogen) atoms. The molecular weight excluding hydrogens is 454 g/mol. The zero-order valence-corrected chi connectivity index (χ0v) is 20.0. The molecule has 0 bridgehead atoms. The van der Waals surface area contributed by atoms with E-state index >= 15 is 0 Å². The summed E-state index contributed by atoms with van der Waals surface area (Å²) in [7, 11) is 0. The van der Waals surface area contributed by atoms with Gasteiger partial charge in [-0.15, -0.1) is 0 Å². The number of carbonyl (C=O) groups is 2. The van der Waals surface area contributed by atoms with Crippen LogP contribution < -0.4 is 11.1 Å². The normalized spacial score (nSPS) is 15.2. The summed E-state index contributed by atoms with van der Waals surface area (Å²) in [6.07, 6.45) is 9.00. The van der Waals surface area contributed by atoms with Crippen LogP contribution in [-0.2, 0) is 11.2 Å². The summed E-state index contributed by atoms with van der Waals surface area (Å²) in [6, 6.07) is 10.8. The molecule has 3 aromatic heterocycles. The number of nitrogens with one attached hydrogen (secondary N) is 1. The van der Waals surface area contributed by atoms with Crippen molar-refractivity contribution in [2.75, 3.05) is 17.6 Å². The van der Waals surface area contributed by atoms with Gasteiger partial charge < -0.3 is 16.0 Å². The molecule has 0 radical (unpaired) electrons. The van der Waals surface area contributed by atoms with Gasteiger partial charge in [-0.2, -0.15) is 0 Å². The second-order valence-electron chi connectivity index (χ2n) is 8.68. The minimum atomic E-state index is -0.247. The first-order valence-corrected chi connectivity index (χ1v) is 11.9. The third kappa shape index (κ3) is 4.19. The van der Waals surface area contributed by atoms with Crippen LogP contribution in [0.3, 0.4) is 0 Å². The maximum Gasteiger partial charge on any atom is 0.256 e. The molecule has 1 aliphatic heterocycles. The van der Waals surface area contributed by atoms with Crippen LogP contribution in [0.5, 0.6) is 0 Å². The SMILES string of the molecule is C=CC(=O)N1CCC[C@H]1c1nc(-c2ccc(C(=O)Nc3cc(CC)ccn3)cc2)c2c(N)nccn12. The van der Waals surface area contributed by atoms with Crippen molar-refractivity contribution in [2.24, 2.45) is 0 Å². The smallest absolute Gasteiger partial charge is 0.256 e. The van der Waals surface area contributed by atoms with Crippen molar-refractivity contribution in [1.82, 2.24) is 24.3 Å². The van der Waals surface area contributed by atoms with Gasteiger partial charge in [0.15, 0.2) is 0 Å². The molecule has 0 saturated carbocycles. The van der Waals surface area contributed by atoms with Crippen LogP contribution in [0, 0.1) is 0 Å². The first-order chi connectivity index (χ1) is 17.5. The molecule has 1 saturated heterocycles. The van der Waals surface area contributed by atoms with E-state index in [2.05, 4.69) is 28.8 Å². The van der Waals surface area contributed by atoms with Gasteiger partial charge in [0, 0.05) is 36.3 Å². The Morgan fingerprint density at radius 2 is 2.00 bits per heavy atom. The number of hydrogen-bond donors (Lipinski definition) is 2. The van der Waals surface area contributed by atoms with Crippen LogP contribution in [0.1, 0.15) is 47.6 Å². The van der Waals surface area contributed by atoms with E-state index in [9.17, 15) is 9.59 Å². The van der Waals surface area contributed by atoms with E-state index in [1.807, 2.05) is 34.9 Å². The number of amides is 2. The molecule has 3 N–H and O–H groups in total. The van der Waals surface area contributed by atoms with Gasteiger partial charge in [0.2, 0.25) is 5.91 Å². The van der Waals surface area contributed by atoms with Crippen LogP contribution in [0.25, 0.3) is 16.8 Å². The number of aryl methyl sites for hydroxylation is 1. The molecule has 1 atom stereocenters. The van der Waals surface area contributed by atoms with Crippen molar-refractivity contribution in [3.8, 4) is 11.3 Å². The Morgan fingerprint density at radius 1 is 1.19 bits per heavy atom. The number of nitrogens with two attached hydrogens (primary N) is 1. The summed E-state index contributed by atoms with van der Waals surface area (Å²) in [6.45, 7) is 6.34. The number of aromatic nitrogens is 4. The van der Waals surface area contributed by atoms with Gasteiger partial charge in [-0.05, 0) is 55.2 Å². The lowest BCUT2D eigenvalue weighted by atomic mass is 10.1. The number of anilines is 2. The third-order valence-electron chi connectivity index (χ3n) is 6.51. The van der Waals surface area contributed by atoms with Crippen LogP contribution >= 0.6 is 0 Å². The fraction of sp³-hybridized carbons (Fsp3) is 0.222. The quantitative estimate of drug-likeness (QED) is 0.401. The second kappa shape index (κ2) is 9.61. The van der Waals surface area contributed by atoms with Crippen molar-refractivity contribution in [3.05, 3.63) is 84.6 Å². The number of carbonyl (C=O) groups excluding carboxylic acids is 2. The number of nitrogens with zero attached hydrogens (tertiary/aromatic N) is 5. The van der Waals surface area contributed by atoms with Gasteiger partial charge in [0.05, 0.1) is 6.04 Å². The molecule has 4 aromatic rings. The summed E-state index contributed by atoms with van der Waals surface area (Å²) in [5, 5.41) is 2.85. The molecule has 5 rings (SSSR count). The molecule has 0 spiro atoms. The van der Waals surface area contributed by atoms with Gasteiger partial charge in [-0.3, -0.25) is 14.0 Å². The molecule has 9 heteroatoms. The molecule has 4 heterocycles. The average Bonchev–Trinajstić information content (AvgIpc) is 3.54. The second-order valence-corrected chi connectivity index (χ2v) is 8.68. The standard InChI is InChI=1S/C27H27N7O2/c1-3-17-11-12-29-21(16-17)31-27(36)19-9-7-18(8-10-19)23-24-25(28)30-13-15-34(24)26(32-23)20-6-5-14-33(20)22(35)4-2/h4,7-13,15-16,20H,2-3,5-6,14H2,1H3,(H2,28,30)(H,29,31,36)/t20-/m0/s1. The molecule has 1 aromatic carbocycles. The zero-order chi connectivity index (χ0) is 25.2. The number of likely N-dealkylation sites (tertiary alicyclic amines) is 1. The molecular formula is C27H27N7O2. The van der Waals surface area contributed by atoms with E-state index < -0.39 is 0 Å². The van der Waals surface area contributed by atoms with Crippen molar-refractivity contribution in [3.63, 3.8) is 0 Å². The maximum absolute atomic E-state index is 12.8. The lowest BCUT2D eigenvalue weighted by Gasteiger charge is -2.22. The Morgan fingerprint density at radius 3 is 2.75 bits per heavy atom. The van der Waals surface area contributed by atoms with Crippen LogP contribution in [0.2, 0.25) is 0 Å². The van der Waals surface area contributed by atoms with Gasteiger partial charge in [-0.25, -0.2) is 15.0 Å². The first-order valence-electron chi connectivity index (χ1n) is 11.9. The van der Waals surface area contributed by atoms with E-state index in [1.54, 1.807) is 29.4 Å². The average molecular weight is 482 g/mol. The van der Waals surface area contributed by atoms with Crippen molar-refractivity contribution in [2.45, 2.75) is 32.2 Å². The summed E-state index contributed by atoms with van der Waals surface area (Å²) >= 11 is 0. The number of benzene rings is 1. The molecule has 1 fully saturated rings. The molecule has 0 aliphatic carbocycles. The van der Waals surface area contributed by atoms with Crippen molar-refractivity contribution < 1.29 is 9.59 Å². The third-order valence-corrected chi connectivity index (χ3v) is 6.51. The predicted octanol–water partition coefficient (Wildman–Crippen LogP) is 4.04. The van der Waals surface area contributed by atoms with E-state index in [0.717, 1.165) is 36.2 Å². The molecule has 9 nitrogen and oxygen atoms in total. The molecule has 1 aliphatic rings. The van der Waals surface area contributed by atoms with Crippen molar-refractivity contribution in [1.29, 1.82) is 0 Å². The van der Waals surface area contributed by atoms with E-state index in [1.165, 1.54) is 6.08 Å². The Kier molecular flexibility index (Phi) is 6.20. The van der Waals surface area contributed by atoms with Crippen LogP contribution in [0.4, 0.5) is 11.6 Å². The number of nitrogen functional groups attached to an aromatic ring is 1. The number of imidazole rings is 1. The Hall–Kier alpha value is -4.53. The number of pyridine rings is 1. The number of fused-ring (bicyclic) bond motifs is 1. The lowest BCUT2D eigenvalue weighted by Crippen LogP contribution is -2.29. The van der Waals surface area contributed by atoms with Crippen LogP contribution in [-0.4, -0.2) is 42.6 Å². The van der Waals surface area contributed by atoms with Crippen LogP contribution in [0.15, 0.2) is 67.6 Å². The van der Waals surface area contributed by atoms with Gasteiger partial charge in [0.25, 0.3) is 5.91 Å². The minimum absolute atomic E-state index is 0.118. The lowest BCUT2D eigenvalue weighted by molar-refractivity contribution is -0.127. The monoisotopic (exact) mass is 481 g/mol. The predicted molar refractivity (Wildman–Crippen MR) is 138 cm³/mol. The number of hydrogen-bond acceptors (Lipinski definition) is 6. The zero-order valence-electron chi connectivity index (χ0n) is 20.0. The highest BCUT2D eigenvalue weighted by Gasteiger charge is 2.33. The topological polar surface area (TPSA) is 119 Å². The van der Waals surface area contributed by atoms with Gasteiger partial charge >= 0.3 is 0 Å². The summed E-state index contributed by atoms with van der Waals surface area (Å²) in [5.41, 5.74) is 9.98. The van der Waals surface area contributed by atoms with E-state index in [4.69, 9.17) is 10.7 Å². The van der Waals surface area contributed by atoms with Gasteiger partial charge in [-0.1, -0.05) is 25.6 Å². The molecule has 0 unspecified atom stereocenters. The minimum Gasteiger partial charge on any atom is -0.382 e. The molecule has 2 amide bonds. The molecule has 182 valence electrons. The Bertz CT molecular complexity index is 1460. The highest BCUT2D eigenvalue weighted by atomic mass is 16.2. The summed E-state index contributed by atoms with van der Waals surface area (Å²) in [5.74, 6) is 1.22. The van der Waals surface area contributed by atoms with Crippen molar-refractivity contribution >= 4 is 29.0 Å². The number of rotatable bonds is 6. The largest absolute Gasteiger partial charge is 0.382 e. The highest BCUT2D eigenvalue weighted by molar-refractivity contribution is 6.04. The summed E-state index contributed by atoms with van der Waals surface area (Å²) < 4.78 is 1.91. The summed E-state index contributed by atoms with van der Waals surface area (Å²) in [4.78, 5) is 40.4. The maximum atomic E-state index is 12.8. The van der Waals surface area contributed by atoms with E-state index in [0.29, 0.717) is 35.0 Å². The fourth-order valence-electron chi connectivity index (χ4n) is 4.67. The highest BCUT2D eigenvalue weighted by Crippen LogP contribution is 2.36. The Labute approximate surface area is 208 Å². The van der Waals surface area contributed by atoms with E-state index in [-0.39, 0.29) is 17.9 Å². The van der Waals surface area contributed by atoms with Gasteiger partial charge in [0.1, 0.15) is 28.7 Å². The Balaban J connectivity index is 1.48. The fourth-order valence-corrected chi connectivity index (χ4v) is 4.67.